The molecule has 0 atom stereocenters. The van der Waals surface area contributed by atoms with Gasteiger partial charge in [0.1, 0.15) is 0 Å². The van der Waals surface area contributed by atoms with Crippen molar-refractivity contribution in [2.75, 3.05) is 40.4 Å². The molecule has 1 aromatic carbocycles. The van der Waals surface area contributed by atoms with Crippen LogP contribution in [0.4, 0.5) is 0 Å². The van der Waals surface area contributed by atoms with Crippen molar-refractivity contribution in [1.82, 2.24) is 14.8 Å². The van der Waals surface area contributed by atoms with Crippen LogP contribution in [-0.2, 0) is 13.1 Å². The third-order valence-electron chi connectivity index (χ3n) is 4.46. The molecular weight excluding hydrogens is 302 g/mol. The van der Waals surface area contributed by atoms with Gasteiger partial charge in [-0.3, -0.25) is 14.8 Å². The molecule has 0 amide bonds. The molecule has 128 valence electrons. The summed E-state index contributed by atoms with van der Waals surface area (Å²) in [7, 11) is 3.38. The number of rotatable bonds is 6. The number of aromatic nitrogens is 1. The van der Waals surface area contributed by atoms with E-state index in [1.807, 2.05) is 30.5 Å². The minimum Gasteiger partial charge on any atom is -0.493 e. The summed E-state index contributed by atoms with van der Waals surface area (Å²) in [5.74, 6) is 1.64. The SMILES string of the molecule is COc1cccc(CN2CCN(Cc3ccccn3)CC2)c1OC. The molecule has 0 radical (unpaired) electrons. The van der Waals surface area contributed by atoms with Crippen LogP contribution in [0.25, 0.3) is 0 Å². The summed E-state index contributed by atoms with van der Waals surface area (Å²) in [6.45, 7) is 6.03. The summed E-state index contributed by atoms with van der Waals surface area (Å²) in [6.07, 6.45) is 1.86. The van der Waals surface area contributed by atoms with Crippen LogP contribution in [0.5, 0.6) is 11.5 Å². The van der Waals surface area contributed by atoms with E-state index in [1.165, 1.54) is 5.56 Å². The number of methoxy groups -OCH3 is 2. The lowest BCUT2D eigenvalue weighted by Gasteiger charge is -2.34. The molecule has 1 aliphatic rings. The highest BCUT2D eigenvalue weighted by Gasteiger charge is 2.19. The first kappa shape index (κ1) is 16.7. The quantitative estimate of drug-likeness (QED) is 0.814. The Morgan fingerprint density at radius 3 is 2.25 bits per heavy atom. The summed E-state index contributed by atoms with van der Waals surface area (Å²) >= 11 is 0. The lowest BCUT2D eigenvalue weighted by Crippen LogP contribution is -2.45. The zero-order valence-corrected chi connectivity index (χ0v) is 14.4. The molecule has 5 heteroatoms. The Balaban J connectivity index is 1.56. The van der Waals surface area contributed by atoms with Crippen LogP contribution in [0.1, 0.15) is 11.3 Å². The topological polar surface area (TPSA) is 37.8 Å². The maximum atomic E-state index is 5.54. The van der Waals surface area contributed by atoms with Gasteiger partial charge in [0, 0.05) is 51.0 Å². The van der Waals surface area contributed by atoms with Gasteiger partial charge in [0.25, 0.3) is 0 Å². The molecule has 5 nitrogen and oxygen atoms in total. The lowest BCUT2D eigenvalue weighted by molar-refractivity contribution is 0.120. The number of hydrogen-bond donors (Lipinski definition) is 0. The van der Waals surface area contributed by atoms with Crippen molar-refractivity contribution < 1.29 is 9.47 Å². The van der Waals surface area contributed by atoms with E-state index in [0.717, 1.165) is 56.5 Å². The van der Waals surface area contributed by atoms with E-state index in [2.05, 4.69) is 26.9 Å². The van der Waals surface area contributed by atoms with Crippen molar-refractivity contribution in [3.8, 4) is 11.5 Å². The molecule has 2 aromatic rings. The third kappa shape index (κ3) is 4.04. The van der Waals surface area contributed by atoms with E-state index in [-0.39, 0.29) is 0 Å². The second-order valence-corrected chi connectivity index (χ2v) is 6.03. The first-order valence-electron chi connectivity index (χ1n) is 8.34. The number of para-hydroxylation sites is 1. The minimum absolute atomic E-state index is 0.795. The molecule has 1 aromatic heterocycles. The molecule has 2 heterocycles. The Kier molecular flexibility index (Phi) is 5.67. The van der Waals surface area contributed by atoms with Gasteiger partial charge in [0.15, 0.2) is 11.5 Å². The highest BCUT2D eigenvalue weighted by atomic mass is 16.5. The van der Waals surface area contributed by atoms with Crippen LogP contribution in [-0.4, -0.2) is 55.2 Å². The molecule has 0 aliphatic carbocycles. The van der Waals surface area contributed by atoms with Crippen molar-refractivity contribution in [1.29, 1.82) is 0 Å². The standard InChI is InChI=1S/C19H25N3O2/c1-23-18-8-5-6-16(19(18)24-2)14-21-10-12-22(13-11-21)15-17-7-3-4-9-20-17/h3-9H,10-15H2,1-2H3. The van der Waals surface area contributed by atoms with Gasteiger partial charge in [-0.15, -0.1) is 0 Å². The summed E-state index contributed by atoms with van der Waals surface area (Å²) < 4.78 is 10.9. The minimum atomic E-state index is 0.795. The van der Waals surface area contributed by atoms with Gasteiger partial charge in [-0.2, -0.15) is 0 Å². The molecule has 0 spiro atoms. The first-order valence-corrected chi connectivity index (χ1v) is 8.34. The fourth-order valence-corrected chi connectivity index (χ4v) is 3.15. The molecule has 1 saturated heterocycles. The number of ether oxygens (including phenoxy) is 2. The van der Waals surface area contributed by atoms with E-state index >= 15 is 0 Å². The van der Waals surface area contributed by atoms with Gasteiger partial charge in [-0.1, -0.05) is 18.2 Å². The Bertz CT molecular complexity index is 640. The number of pyridine rings is 1. The van der Waals surface area contributed by atoms with Crippen LogP contribution in [0.2, 0.25) is 0 Å². The molecule has 24 heavy (non-hydrogen) atoms. The molecule has 0 bridgehead atoms. The molecule has 1 fully saturated rings. The molecule has 1 aliphatic heterocycles. The van der Waals surface area contributed by atoms with Crippen LogP contribution in [0.15, 0.2) is 42.6 Å². The smallest absolute Gasteiger partial charge is 0.165 e. The fourth-order valence-electron chi connectivity index (χ4n) is 3.15. The van der Waals surface area contributed by atoms with Crippen molar-refractivity contribution in [2.45, 2.75) is 13.1 Å². The van der Waals surface area contributed by atoms with Gasteiger partial charge in [-0.25, -0.2) is 0 Å². The van der Waals surface area contributed by atoms with Gasteiger partial charge in [0.05, 0.1) is 19.9 Å². The zero-order valence-electron chi connectivity index (χ0n) is 14.4. The van der Waals surface area contributed by atoms with Gasteiger partial charge in [0.2, 0.25) is 0 Å². The van der Waals surface area contributed by atoms with E-state index in [0.29, 0.717) is 0 Å². The number of piperazine rings is 1. The normalized spacial score (nSPS) is 16.1. The largest absolute Gasteiger partial charge is 0.493 e. The maximum absolute atomic E-state index is 5.54. The van der Waals surface area contributed by atoms with Crippen LogP contribution in [0, 0.1) is 0 Å². The van der Waals surface area contributed by atoms with E-state index in [1.54, 1.807) is 14.2 Å². The Hall–Kier alpha value is -2.11. The third-order valence-corrected chi connectivity index (χ3v) is 4.46. The second kappa shape index (κ2) is 8.13. The van der Waals surface area contributed by atoms with Crippen molar-refractivity contribution >= 4 is 0 Å². The first-order chi connectivity index (χ1) is 11.8. The van der Waals surface area contributed by atoms with Crippen LogP contribution < -0.4 is 9.47 Å². The Labute approximate surface area is 143 Å². The second-order valence-electron chi connectivity index (χ2n) is 6.03. The Morgan fingerprint density at radius 1 is 0.875 bits per heavy atom. The van der Waals surface area contributed by atoms with Crippen LogP contribution in [0.3, 0.4) is 0 Å². The predicted octanol–water partition coefficient (Wildman–Crippen LogP) is 2.42. The van der Waals surface area contributed by atoms with Crippen molar-refractivity contribution in [3.05, 3.63) is 53.9 Å². The lowest BCUT2D eigenvalue weighted by atomic mass is 10.1. The van der Waals surface area contributed by atoms with Gasteiger partial charge in [-0.05, 0) is 18.2 Å². The van der Waals surface area contributed by atoms with Crippen molar-refractivity contribution in [3.63, 3.8) is 0 Å². The predicted molar refractivity (Wildman–Crippen MR) is 94.3 cm³/mol. The van der Waals surface area contributed by atoms with Gasteiger partial charge >= 0.3 is 0 Å². The van der Waals surface area contributed by atoms with Crippen molar-refractivity contribution in [2.24, 2.45) is 0 Å². The average Bonchev–Trinajstić information content (AvgIpc) is 2.64. The summed E-state index contributed by atoms with van der Waals surface area (Å²) in [5, 5.41) is 0. The monoisotopic (exact) mass is 327 g/mol. The molecule has 3 rings (SSSR count). The Morgan fingerprint density at radius 2 is 1.62 bits per heavy atom. The summed E-state index contributed by atoms with van der Waals surface area (Å²) in [4.78, 5) is 9.34. The molecule has 0 saturated carbocycles. The number of nitrogens with zero attached hydrogens (tertiary/aromatic N) is 3. The number of benzene rings is 1. The molecule has 0 unspecified atom stereocenters. The van der Waals surface area contributed by atoms with E-state index in [4.69, 9.17) is 9.47 Å². The average molecular weight is 327 g/mol. The maximum Gasteiger partial charge on any atom is 0.165 e. The van der Waals surface area contributed by atoms with E-state index < -0.39 is 0 Å². The summed E-state index contributed by atoms with van der Waals surface area (Å²) in [5.41, 5.74) is 2.32. The fraction of sp³-hybridized carbons (Fsp3) is 0.421. The molecule has 0 N–H and O–H groups in total. The van der Waals surface area contributed by atoms with E-state index in [9.17, 15) is 0 Å². The van der Waals surface area contributed by atoms with Gasteiger partial charge < -0.3 is 9.47 Å². The highest BCUT2D eigenvalue weighted by Crippen LogP contribution is 2.31. The number of hydrogen-bond acceptors (Lipinski definition) is 5. The van der Waals surface area contributed by atoms with Crippen LogP contribution >= 0.6 is 0 Å². The highest BCUT2D eigenvalue weighted by molar-refractivity contribution is 5.46. The zero-order chi connectivity index (χ0) is 16.8. The summed E-state index contributed by atoms with van der Waals surface area (Å²) in [6, 6.07) is 12.2. The molecular formula is C19H25N3O2.